The highest BCUT2D eigenvalue weighted by atomic mass is 35.5. The molecule has 0 aliphatic rings. The van der Waals surface area contributed by atoms with E-state index in [1.807, 2.05) is 19.1 Å². The summed E-state index contributed by atoms with van der Waals surface area (Å²) in [5.74, 6) is -0.354. The van der Waals surface area contributed by atoms with Crippen molar-refractivity contribution in [1.82, 2.24) is 5.43 Å². The molecule has 0 radical (unpaired) electrons. The number of nitrogens with one attached hydrogen (secondary N) is 1. The van der Waals surface area contributed by atoms with E-state index in [9.17, 15) is 14.9 Å². The second kappa shape index (κ2) is 7.51. The van der Waals surface area contributed by atoms with Gasteiger partial charge in [-0.25, -0.2) is 5.43 Å². The number of nitro benzene ring substituents is 1. The number of rotatable bonds is 5. The number of benzene rings is 2. The maximum Gasteiger partial charge on any atom is 0.288 e. The van der Waals surface area contributed by atoms with Gasteiger partial charge >= 0.3 is 0 Å². The molecule has 0 saturated carbocycles. The number of hydrogen-bond donors (Lipinski definition) is 1. The second-order valence-electron chi connectivity index (χ2n) is 4.72. The van der Waals surface area contributed by atoms with Gasteiger partial charge in [0.1, 0.15) is 5.02 Å². The van der Waals surface area contributed by atoms with Crippen LogP contribution in [0.1, 0.15) is 28.4 Å². The second-order valence-corrected chi connectivity index (χ2v) is 5.12. The van der Waals surface area contributed by atoms with Crippen LogP contribution in [0.3, 0.4) is 0 Å². The van der Waals surface area contributed by atoms with E-state index in [1.165, 1.54) is 18.3 Å². The Balaban J connectivity index is 2.04. The van der Waals surface area contributed by atoms with Gasteiger partial charge in [-0.1, -0.05) is 36.7 Å². The average molecular weight is 332 g/mol. The van der Waals surface area contributed by atoms with Gasteiger partial charge < -0.3 is 0 Å². The van der Waals surface area contributed by atoms with Gasteiger partial charge in [-0.2, -0.15) is 5.10 Å². The highest BCUT2D eigenvalue weighted by Crippen LogP contribution is 2.24. The minimum absolute atomic E-state index is 0.0483. The van der Waals surface area contributed by atoms with Gasteiger partial charge in [-0.05, 0) is 30.2 Å². The lowest BCUT2D eigenvalue weighted by molar-refractivity contribution is -0.384. The molecule has 0 fully saturated rings. The van der Waals surface area contributed by atoms with E-state index in [0.717, 1.165) is 12.0 Å². The number of nitro groups is 1. The van der Waals surface area contributed by atoms with Gasteiger partial charge in [0.2, 0.25) is 0 Å². The molecule has 0 aliphatic heterocycles. The summed E-state index contributed by atoms with van der Waals surface area (Å²) in [6.07, 6.45) is 2.22. The van der Waals surface area contributed by atoms with E-state index in [2.05, 4.69) is 10.5 Å². The van der Waals surface area contributed by atoms with Gasteiger partial charge in [0.15, 0.2) is 0 Å². The maximum atomic E-state index is 11.9. The summed E-state index contributed by atoms with van der Waals surface area (Å²) in [5, 5.41) is 14.6. The van der Waals surface area contributed by atoms with Crippen LogP contribution in [0, 0.1) is 10.1 Å². The number of halogens is 1. The summed E-state index contributed by atoms with van der Waals surface area (Å²) in [4.78, 5) is 22.1. The topological polar surface area (TPSA) is 84.6 Å². The van der Waals surface area contributed by atoms with Gasteiger partial charge in [0, 0.05) is 17.2 Å². The van der Waals surface area contributed by atoms with Crippen LogP contribution >= 0.6 is 11.6 Å². The molecular weight excluding hydrogens is 318 g/mol. The lowest BCUT2D eigenvalue weighted by Crippen LogP contribution is -2.17. The fourth-order valence-electron chi connectivity index (χ4n) is 1.87. The van der Waals surface area contributed by atoms with Crippen LogP contribution < -0.4 is 5.43 Å². The van der Waals surface area contributed by atoms with E-state index in [1.54, 1.807) is 18.2 Å². The van der Waals surface area contributed by atoms with Crippen molar-refractivity contribution in [1.29, 1.82) is 0 Å². The first-order valence-corrected chi connectivity index (χ1v) is 7.25. The number of carbonyl (C=O) groups is 1. The molecule has 0 aromatic heterocycles. The third-order valence-electron chi connectivity index (χ3n) is 3.17. The smallest absolute Gasteiger partial charge is 0.267 e. The Hall–Kier alpha value is -2.73. The predicted octanol–water partition coefficient (Wildman–Crippen LogP) is 3.57. The number of hydrazone groups is 1. The summed E-state index contributed by atoms with van der Waals surface area (Å²) in [6.45, 7) is 2.03. The first kappa shape index (κ1) is 16.6. The Labute approximate surface area is 137 Å². The number of hydrogen-bond acceptors (Lipinski definition) is 4. The SMILES string of the molecule is CCc1ccc(C(=O)N/N=C\c2ccc(Cl)c([N+](=O)[O-])c2)cc1. The molecule has 2 aromatic carbocycles. The molecule has 0 bridgehead atoms. The normalized spacial score (nSPS) is 10.7. The van der Waals surface area contributed by atoms with Crippen LogP contribution in [0.5, 0.6) is 0 Å². The quantitative estimate of drug-likeness (QED) is 0.516. The van der Waals surface area contributed by atoms with Crippen LogP contribution in [-0.4, -0.2) is 17.0 Å². The van der Waals surface area contributed by atoms with Crippen molar-refractivity contribution in [3.8, 4) is 0 Å². The van der Waals surface area contributed by atoms with Crippen LogP contribution in [0.4, 0.5) is 5.69 Å². The Kier molecular flexibility index (Phi) is 5.43. The molecule has 7 heteroatoms. The number of carbonyl (C=O) groups excluding carboxylic acids is 1. The summed E-state index contributed by atoms with van der Waals surface area (Å²) < 4.78 is 0. The molecule has 0 unspecified atom stereocenters. The zero-order chi connectivity index (χ0) is 16.8. The molecule has 118 valence electrons. The van der Waals surface area contributed by atoms with Crippen molar-refractivity contribution in [3.63, 3.8) is 0 Å². The molecule has 1 N–H and O–H groups in total. The van der Waals surface area contributed by atoms with Crippen LogP contribution in [0.25, 0.3) is 0 Å². The first-order chi connectivity index (χ1) is 11.0. The molecule has 1 amide bonds. The Bertz CT molecular complexity index is 758. The molecule has 0 atom stereocenters. The van der Waals surface area contributed by atoms with Gasteiger partial charge in [0.25, 0.3) is 11.6 Å². The highest BCUT2D eigenvalue weighted by Gasteiger charge is 2.11. The number of nitrogens with zero attached hydrogens (tertiary/aromatic N) is 2. The standard InChI is InChI=1S/C16H14ClN3O3/c1-2-11-3-6-13(7-4-11)16(21)19-18-10-12-5-8-14(17)15(9-12)20(22)23/h3-10H,2H2,1H3,(H,19,21)/b18-10-. The molecular formula is C16H14ClN3O3. The Morgan fingerprint density at radius 1 is 1.30 bits per heavy atom. The van der Waals surface area contributed by atoms with Crippen molar-refractivity contribution in [2.45, 2.75) is 13.3 Å². The Morgan fingerprint density at radius 2 is 2.00 bits per heavy atom. The third kappa shape index (κ3) is 4.37. The van der Waals surface area contributed by atoms with Crippen molar-refractivity contribution in [3.05, 3.63) is 74.3 Å². The van der Waals surface area contributed by atoms with E-state index in [4.69, 9.17) is 11.6 Å². The fraction of sp³-hybridized carbons (Fsp3) is 0.125. The van der Waals surface area contributed by atoms with Crippen molar-refractivity contribution in [2.24, 2.45) is 5.10 Å². The van der Waals surface area contributed by atoms with E-state index in [-0.39, 0.29) is 16.6 Å². The monoisotopic (exact) mass is 331 g/mol. The van der Waals surface area contributed by atoms with Crippen LogP contribution in [0.15, 0.2) is 47.6 Å². The summed E-state index contributed by atoms with van der Waals surface area (Å²) >= 11 is 5.72. The summed E-state index contributed by atoms with van der Waals surface area (Å²) in [7, 11) is 0. The molecule has 0 spiro atoms. The summed E-state index contributed by atoms with van der Waals surface area (Å²) in [6, 6.07) is 11.5. The number of aryl methyl sites for hydroxylation is 1. The van der Waals surface area contributed by atoms with Gasteiger partial charge in [-0.3, -0.25) is 14.9 Å². The lowest BCUT2D eigenvalue weighted by atomic mass is 10.1. The predicted molar refractivity (Wildman–Crippen MR) is 89.0 cm³/mol. The van der Waals surface area contributed by atoms with Crippen LogP contribution in [-0.2, 0) is 6.42 Å². The maximum absolute atomic E-state index is 11.9. The van der Waals surface area contributed by atoms with Gasteiger partial charge in [0.05, 0.1) is 11.1 Å². The molecule has 0 aliphatic carbocycles. The van der Waals surface area contributed by atoms with Crippen LogP contribution in [0.2, 0.25) is 5.02 Å². The fourth-order valence-corrected chi connectivity index (χ4v) is 2.06. The first-order valence-electron chi connectivity index (χ1n) is 6.87. The Morgan fingerprint density at radius 3 is 2.61 bits per heavy atom. The van der Waals surface area contributed by atoms with Gasteiger partial charge in [-0.15, -0.1) is 0 Å². The minimum Gasteiger partial charge on any atom is -0.267 e. The molecule has 0 saturated heterocycles. The van der Waals surface area contributed by atoms with E-state index < -0.39 is 4.92 Å². The average Bonchev–Trinajstić information content (AvgIpc) is 2.56. The minimum atomic E-state index is -0.576. The summed E-state index contributed by atoms with van der Waals surface area (Å²) in [5.41, 5.74) is 4.25. The third-order valence-corrected chi connectivity index (χ3v) is 3.49. The number of amides is 1. The zero-order valence-electron chi connectivity index (χ0n) is 12.3. The van der Waals surface area contributed by atoms with E-state index >= 15 is 0 Å². The zero-order valence-corrected chi connectivity index (χ0v) is 13.1. The van der Waals surface area contributed by atoms with E-state index in [0.29, 0.717) is 11.1 Å². The highest BCUT2D eigenvalue weighted by molar-refractivity contribution is 6.32. The molecule has 2 aromatic rings. The molecule has 23 heavy (non-hydrogen) atoms. The van der Waals surface area contributed by atoms with Crippen molar-refractivity contribution < 1.29 is 9.72 Å². The lowest BCUT2D eigenvalue weighted by Gasteiger charge is -2.01. The van der Waals surface area contributed by atoms with Crippen molar-refractivity contribution >= 4 is 29.4 Å². The van der Waals surface area contributed by atoms with Crippen molar-refractivity contribution in [2.75, 3.05) is 0 Å². The molecule has 6 nitrogen and oxygen atoms in total. The molecule has 0 heterocycles. The largest absolute Gasteiger partial charge is 0.288 e. The molecule has 2 rings (SSSR count).